The van der Waals surface area contributed by atoms with Crippen molar-refractivity contribution in [3.05, 3.63) is 70.1 Å². The van der Waals surface area contributed by atoms with Crippen LogP contribution >= 0.6 is 11.6 Å². The number of aliphatic carboxylic acids is 1. The van der Waals surface area contributed by atoms with Crippen molar-refractivity contribution >= 4 is 44.9 Å². The number of carbonyl (C=O) groups is 1. The Morgan fingerprint density at radius 2 is 1.82 bits per heavy atom. The Bertz CT molecular complexity index is 1540. The van der Waals surface area contributed by atoms with Gasteiger partial charge in [0, 0.05) is 17.1 Å². The van der Waals surface area contributed by atoms with Gasteiger partial charge in [0.05, 0.1) is 23.6 Å². The molecule has 0 saturated carbocycles. The monoisotopic (exact) mass is 570 g/mol. The van der Waals surface area contributed by atoms with Crippen LogP contribution in [0.1, 0.15) is 54.8 Å². The molecule has 4 heterocycles. The number of nitrogens with one attached hydrogen (secondary N) is 1. The standard InChI is InChI=1S/C28H28ClFN4O4S/c29-19-6-4-17(5-7-19)18-14-20-8-9-21(15-18)34(20)28-32-24-2-1-11-39(37,38)26(24)27(33-28)31-23-10-3-16(12-22(23)30)13-25(35)36/h3-7,10,12,18,20-21H,1-2,8-9,11,13-15H2,(H,35,36)(H,31,32,33). The highest BCUT2D eigenvalue weighted by atomic mass is 35.5. The first-order valence-corrected chi connectivity index (χ1v) is 15.2. The number of hydrogen-bond donors (Lipinski definition) is 2. The van der Waals surface area contributed by atoms with Gasteiger partial charge >= 0.3 is 5.97 Å². The molecule has 0 amide bonds. The predicted octanol–water partition coefficient (Wildman–Crippen LogP) is 5.27. The summed E-state index contributed by atoms with van der Waals surface area (Å²) in [4.78, 5) is 22.7. The van der Waals surface area contributed by atoms with E-state index in [1.165, 1.54) is 17.7 Å². The van der Waals surface area contributed by atoms with Crippen LogP contribution in [-0.2, 0) is 27.5 Å². The molecule has 0 aliphatic carbocycles. The van der Waals surface area contributed by atoms with E-state index in [9.17, 15) is 17.6 Å². The molecule has 2 N–H and O–H groups in total. The van der Waals surface area contributed by atoms with Gasteiger partial charge in [-0.1, -0.05) is 29.8 Å². The van der Waals surface area contributed by atoms with E-state index in [1.54, 1.807) is 0 Å². The van der Waals surface area contributed by atoms with Gasteiger partial charge in [-0.25, -0.2) is 17.8 Å². The van der Waals surface area contributed by atoms with Gasteiger partial charge in [-0.3, -0.25) is 4.79 Å². The summed E-state index contributed by atoms with van der Waals surface area (Å²) in [5, 5.41) is 12.6. The van der Waals surface area contributed by atoms with Gasteiger partial charge in [-0.15, -0.1) is 0 Å². The molecule has 11 heteroatoms. The molecule has 2 atom stereocenters. The molecule has 0 radical (unpaired) electrons. The van der Waals surface area contributed by atoms with Crippen LogP contribution in [0.3, 0.4) is 0 Å². The predicted molar refractivity (Wildman–Crippen MR) is 146 cm³/mol. The summed E-state index contributed by atoms with van der Waals surface area (Å²) in [6.07, 6.45) is 4.50. The Kier molecular flexibility index (Phi) is 6.71. The zero-order valence-corrected chi connectivity index (χ0v) is 22.7. The molecule has 204 valence electrons. The number of halogens is 2. The second-order valence-corrected chi connectivity index (χ2v) is 13.1. The van der Waals surface area contributed by atoms with Crippen LogP contribution in [0.15, 0.2) is 47.4 Å². The molecule has 2 aromatic carbocycles. The van der Waals surface area contributed by atoms with E-state index >= 15 is 0 Å². The van der Waals surface area contributed by atoms with E-state index < -0.39 is 21.6 Å². The number of carboxylic acid groups (broad SMARTS) is 1. The van der Waals surface area contributed by atoms with Gasteiger partial charge in [0.2, 0.25) is 5.95 Å². The minimum Gasteiger partial charge on any atom is -0.481 e. The molecule has 3 aliphatic rings. The third kappa shape index (κ3) is 5.07. The van der Waals surface area contributed by atoms with Crippen LogP contribution in [0.4, 0.5) is 21.8 Å². The van der Waals surface area contributed by atoms with Gasteiger partial charge in [0.25, 0.3) is 0 Å². The van der Waals surface area contributed by atoms with Crippen molar-refractivity contribution in [1.29, 1.82) is 0 Å². The molecular weight excluding hydrogens is 543 g/mol. The fourth-order valence-electron chi connectivity index (χ4n) is 6.29. The van der Waals surface area contributed by atoms with Gasteiger partial charge in [-0.2, -0.15) is 4.98 Å². The van der Waals surface area contributed by atoms with Gasteiger partial charge < -0.3 is 15.3 Å². The number of hydrogen-bond acceptors (Lipinski definition) is 7. The molecule has 2 unspecified atom stereocenters. The summed E-state index contributed by atoms with van der Waals surface area (Å²) < 4.78 is 41.2. The summed E-state index contributed by atoms with van der Waals surface area (Å²) in [5.41, 5.74) is 2.05. The molecule has 0 spiro atoms. The third-order valence-corrected chi connectivity index (χ3v) is 10.1. The second kappa shape index (κ2) is 10.1. The van der Waals surface area contributed by atoms with E-state index in [1.807, 2.05) is 12.1 Å². The summed E-state index contributed by atoms with van der Waals surface area (Å²) in [6.45, 7) is 0. The molecule has 2 saturated heterocycles. The Hall–Kier alpha value is -3.24. The van der Waals surface area contributed by atoms with Crippen LogP contribution in [0.25, 0.3) is 0 Å². The van der Waals surface area contributed by atoms with Crippen LogP contribution < -0.4 is 10.2 Å². The number of sulfone groups is 1. The van der Waals surface area contributed by atoms with E-state index in [2.05, 4.69) is 22.3 Å². The van der Waals surface area contributed by atoms with Gasteiger partial charge in [0.1, 0.15) is 10.7 Å². The highest BCUT2D eigenvalue weighted by Gasteiger charge is 2.43. The lowest BCUT2D eigenvalue weighted by molar-refractivity contribution is -0.136. The van der Waals surface area contributed by atoms with Gasteiger partial charge in [0.15, 0.2) is 15.7 Å². The van der Waals surface area contributed by atoms with Crippen molar-refractivity contribution < 1.29 is 22.7 Å². The molecule has 8 nitrogen and oxygen atoms in total. The van der Waals surface area contributed by atoms with Crippen LogP contribution in [0.5, 0.6) is 0 Å². The Labute approximate surface area is 231 Å². The van der Waals surface area contributed by atoms with Crippen molar-refractivity contribution in [2.45, 2.75) is 67.8 Å². The Morgan fingerprint density at radius 1 is 1.10 bits per heavy atom. The number of piperidine rings is 1. The number of aryl methyl sites for hydroxylation is 1. The number of benzene rings is 2. The average molecular weight is 571 g/mol. The summed E-state index contributed by atoms with van der Waals surface area (Å²) >= 11 is 6.09. The first-order valence-electron chi connectivity index (χ1n) is 13.1. The SMILES string of the molecule is O=C(O)Cc1ccc(Nc2nc(N3C4CCC3CC(c3ccc(Cl)cc3)C4)nc3c2S(=O)(=O)CCC3)c(F)c1. The summed E-state index contributed by atoms with van der Waals surface area (Å²) in [7, 11) is -3.65. The maximum absolute atomic E-state index is 15.0. The van der Waals surface area contributed by atoms with Crippen molar-refractivity contribution in [3.8, 4) is 0 Å². The highest BCUT2D eigenvalue weighted by Crippen LogP contribution is 2.45. The van der Waals surface area contributed by atoms with Crippen molar-refractivity contribution in [2.75, 3.05) is 16.0 Å². The lowest BCUT2D eigenvalue weighted by Crippen LogP contribution is -2.43. The molecule has 3 aromatic rings. The smallest absolute Gasteiger partial charge is 0.307 e. The normalized spacial score (nSPS) is 23.3. The first-order chi connectivity index (χ1) is 18.7. The van der Waals surface area contributed by atoms with E-state index in [0.717, 1.165) is 31.7 Å². The summed E-state index contributed by atoms with van der Waals surface area (Å²) in [5.74, 6) is -0.832. The first kappa shape index (κ1) is 26.0. The Morgan fingerprint density at radius 3 is 2.49 bits per heavy atom. The zero-order chi connectivity index (χ0) is 27.3. The minimum atomic E-state index is -3.65. The van der Waals surface area contributed by atoms with Crippen molar-refractivity contribution in [2.24, 2.45) is 0 Å². The lowest BCUT2D eigenvalue weighted by atomic mass is 9.85. The van der Waals surface area contributed by atoms with Gasteiger partial charge in [-0.05, 0) is 79.8 Å². The van der Waals surface area contributed by atoms with Crippen molar-refractivity contribution in [3.63, 3.8) is 0 Å². The van der Waals surface area contributed by atoms with Crippen LogP contribution in [-0.4, -0.2) is 47.3 Å². The summed E-state index contributed by atoms with van der Waals surface area (Å²) in [6, 6.07) is 12.5. The molecule has 3 aliphatic heterocycles. The van der Waals surface area contributed by atoms with Crippen molar-refractivity contribution in [1.82, 2.24) is 9.97 Å². The van der Waals surface area contributed by atoms with Crippen LogP contribution in [0.2, 0.25) is 5.02 Å². The number of anilines is 3. The average Bonchev–Trinajstić information content (AvgIpc) is 3.14. The number of aromatic nitrogens is 2. The topological polar surface area (TPSA) is 112 Å². The molecule has 1 aromatic heterocycles. The lowest BCUT2D eigenvalue weighted by Gasteiger charge is -2.39. The fraction of sp³-hybridized carbons (Fsp3) is 0.393. The van der Waals surface area contributed by atoms with Crippen LogP contribution in [0, 0.1) is 5.82 Å². The van der Waals surface area contributed by atoms with E-state index in [4.69, 9.17) is 26.7 Å². The number of nitrogens with zero attached hydrogens (tertiary/aromatic N) is 3. The molecule has 39 heavy (non-hydrogen) atoms. The highest BCUT2D eigenvalue weighted by molar-refractivity contribution is 7.91. The van der Waals surface area contributed by atoms with E-state index in [-0.39, 0.29) is 40.7 Å². The third-order valence-electron chi connectivity index (χ3n) is 8.01. The maximum Gasteiger partial charge on any atom is 0.307 e. The van der Waals surface area contributed by atoms with E-state index in [0.29, 0.717) is 41.0 Å². The molecular formula is C28H28ClFN4O4S. The Balaban J connectivity index is 1.35. The largest absolute Gasteiger partial charge is 0.481 e. The maximum atomic E-state index is 15.0. The quantitative estimate of drug-likeness (QED) is 0.412. The fourth-order valence-corrected chi connectivity index (χ4v) is 8.05. The number of carboxylic acids is 1. The number of rotatable bonds is 6. The molecule has 6 rings (SSSR count). The second-order valence-electron chi connectivity index (χ2n) is 10.6. The molecule has 2 fully saturated rings. The number of fused-ring (bicyclic) bond motifs is 3. The minimum absolute atomic E-state index is 0.0187. The zero-order valence-electron chi connectivity index (χ0n) is 21.1. The molecule has 2 bridgehead atoms.